The first-order valence-electron chi connectivity index (χ1n) is 14.5. The van der Waals surface area contributed by atoms with Gasteiger partial charge in [0.2, 0.25) is 5.91 Å². The van der Waals surface area contributed by atoms with E-state index in [0.29, 0.717) is 18.9 Å². The number of urea groups is 1. The molecular weight excluding hydrogens is 521 g/mol. The Morgan fingerprint density at radius 1 is 0.951 bits per heavy atom. The van der Waals surface area contributed by atoms with E-state index in [1.54, 1.807) is 21.9 Å². The van der Waals surface area contributed by atoms with Gasteiger partial charge in [-0.3, -0.25) is 4.79 Å². The first-order chi connectivity index (χ1) is 19.6. The summed E-state index contributed by atoms with van der Waals surface area (Å²) < 4.78 is 25.2. The highest BCUT2D eigenvalue weighted by molar-refractivity contribution is 5.94. The molecule has 1 aliphatic heterocycles. The monoisotopic (exact) mass is 563 g/mol. The van der Waals surface area contributed by atoms with Crippen molar-refractivity contribution in [2.45, 2.75) is 78.5 Å². The van der Waals surface area contributed by atoms with Gasteiger partial charge in [0.15, 0.2) is 0 Å². The second-order valence-corrected chi connectivity index (χ2v) is 11.5. The van der Waals surface area contributed by atoms with Crippen molar-refractivity contribution in [3.8, 4) is 0 Å². The Labute approximate surface area is 242 Å². The van der Waals surface area contributed by atoms with Crippen LogP contribution in [0.5, 0.6) is 0 Å². The number of amides is 3. The Bertz CT molecular complexity index is 1290. The summed E-state index contributed by atoms with van der Waals surface area (Å²) in [4.78, 5) is 31.0. The van der Waals surface area contributed by atoms with Crippen molar-refractivity contribution in [3.63, 3.8) is 0 Å². The molecule has 0 radical (unpaired) electrons. The summed E-state index contributed by atoms with van der Waals surface area (Å²) in [5.41, 5.74) is 3.70. The lowest BCUT2D eigenvalue weighted by Crippen LogP contribution is -2.47. The molecule has 3 amide bonds. The quantitative estimate of drug-likeness (QED) is 0.267. The van der Waals surface area contributed by atoms with Gasteiger partial charge < -0.3 is 24.3 Å². The maximum Gasteiger partial charge on any atom is 0.322 e. The van der Waals surface area contributed by atoms with Crippen LogP contribution in [0.2, 0.25) is 0 Å². The normalized spacial score (nSPS) is 15.0. The number of carbonyl (C=O) groups is 2. The predicted octanol–water partition coefficient (Wildman–Crippen LogP) is 7.22. The average molecular weight is 564 g/mol. The van der Waals surface area contributed by atoms with Gasteiger partial charge in [0.25, 0.3) is 0 Å². The van der Waals surface area contributed by atoms with Crippen LogP contribution in [0.1, 0.15) is 80.6 Å². The Hall–Kier alpha value is -3.65. The molecule has 1 N–H and O–H groups in total. The van der Waals surface area contributed by atoms with Gasteiger partial charge in [0, 0.05) is 25.4 Å². The number of carbonyl (C=O) groups excluding carboxylic acids is 2. The van der Waals surface area contributed by atoms with Crippen LogP contribution in [-0.4, -0.2) is 47.5 Å². The third-order valence-electron chi connectivity index (χ3n) is 7.45. The van der Waals surface area contributed by atoms with Crippen LogP contribution in [0.3, 0.4) is 0 Å². The third kappa shape index (κ3) is 8.19. The fourth-order valence-corrected chi connectivity index (χ4v) is 5.20. The Morgan fingerprint density at radius 2 is 1.63 bits per heavy atom. The second kappa shape index (κ2) is 13.8. The molecule has 1 saturated heterocycles. The van der Waals surface area contributed by atoms with Crippen molar-refractivity contribution in [2.24, 2.45) is 0 Å². The fourth-order valence-electron chi connectivity index (χ4n) is 5.20. The average Bonchev–Trinajstić information content (AvgIpc) is 3.60. The van der Waals surface area contributed by atoms with E-state index in [1.165, 1.54) is 12.1 Å². The van der Waals surface area contributed by atoms with Gasteiger partial charge in [-0.25, -0.2) is 9.18 Å². The van der Waals surface area contributed by atoms with Crippen LogP contribution >= 0.6 is 0 Å². The van der Waals surface area contributed by atoms with Crippen LogP contribution in [0.15, 0.2) is 59.0 Å². The Morgan fingerprint density at radius 3 is 2.20 bits per heavy atom. The minimum absolute atomic E-state index is 0.128. The number of rotatable bonds is 11. The largest absolute Gasteiger partial charge is 0.464 e. The van der Waals surface area contributed by atoms with Crippen molar-refractivity contribution in [2.75, 3.05) is 25.0 Å². The number of nitrogens with one attached hydrogen (secondary N) is 1. The first-order valence-corrected chi connectivity index (χ1v) is 14.5. The van der Waals surface area contributed by atoms with Gasteiger partial charge in [0.05, 0.1) is 12.6 Å². The molecule has 7 nitrogen and oxygen atoms in total. The van der Waals surface area contributed by atoms with E-state index in [2.05, 4.69) is 33.0 Å². The second-order valence-electron chi connectivity index (χ2n) is 11.5. The highest BCUT2D eigenvalue weighted by Crippen LogP contribution is 2.32. The van der Waals surface area contributed by atoms with E-state index in [-0.39, 0.29) is 55.3 Å². The highest BCUT2D eigenvalue weighted by atomic mass is 19.1. The van der Waals surface area contributed by atoms with E-state index < -0.39 is 0 Å². The molecule has 2 heterocycles. The van der Waals surface area contributed by atoms with Crippen LogP contribution in [0.25, 0.3) is 0 Å². The van der Waals surface area contributed by atoms with E-state index in [4.69, 9.17) is 9.15 Å². The molecular formula is C33H42FN3O4. The molecule has 0 saturated carbocycles. The van der Waals surface area contributed by atoms with Crippen LogP contribution < -0.4 is 5.32 Å². The molecule has 1 atom stereocenters. The lowest BCUT2D eigenvalue weighted by Gasteiger charge is -2.30. The summed E-state index contributed by atoms with van der Waals surface area (Å²) in [6, 6.07) is 15.5. The minimum atomic E-state index is -0.338. The van der Waals surface area contributed by atoms with Crippen LogP contribution in [-0.2, 0) is 22.6 Å². The molecule has 0 aliphatic carbocycles. The molecule has 2 aromatic carbocycles. The zero-order chi connectivity index (χ0) is 29.5. The highest BCUT2D eigenvalue weighted by Gasteiger charge is 2.28. The molecule has 1 aromatic heterocycles. The Kier molecular flexibility index (Phi) is 10.2. The number of nitrogens with zero attached hydrogens (tertiary/aromatic N) is 2. The van der Waals surface area contributed by atoms with Gasteiger partial charge in [0.1, 0.15) is 23.9 Å². The van der Waals surface area contributed by atoms with Crippen molar-refractivity contribution < 1.29 is 23.1 Å². The molecule has 41 heavy (non-hydrogen) atoms. The smallest absolute Gasteiger partial charge is 0.322 e. The molecule has 4 rings (SSSR count). The number of aryl methyl sites for hydroxylation is 1. The molecule has 220 valence electrons. The number of benzene rings is 2. The topological polar surface area (TPSA) is 75.0 Å². The van der Waals surface area contributed by atoms with E-state index in [9.17, 15) is 14.0 Å². The summed E-state index contributed by atoms with van der Waals surface area (Å²) in [7, 11) is 0. The summed E-state index contributed by atoms with van der Waals surface area (Å²) >= 11 is 0. The number of hydrogen-bond acceptors (Lipinski definition) is 4. The van der Waals surface area contributed by atoms with E-state index >= 15 is 0 Å². The first kappa shape index (κ1) is 30.3. The third-order valence-corrected chi connectivity index (χ3v) is 7.45. The predicted molar refractivity (Wildman–Crippen MR) is 158 cm³/mol. The number of para-hydroxylation sites is 1. The van der Waals surface area contributed by atoms with E-state index in [0.717, 1.165) is 41.0 Å². The van der Waals surface area contributed by atoms with Crippen molar-refractivity contribution in [1.29, 1.82) is 0 Å². The lowest BCUT2D eigenvalue weighted by atomic mass is 9.93. The summed E-state index contributed by atoms with van der Waals surface area (Å²) in [6.07, 6.45) is 1.63. The summed E-state index contributed by atoms with van der Waals surface area (Å²) in [5, 5.41) is 3.17. The molecule has 1 aliphatic rings. The van der Waals surface area contributed by atoms with Crippen molar-refractivity contribution >= 4 is 17.6 Å². The SMILES string of the molecule is Cc1ccc(CN(Cc2ccc(F)cc2)C(=O)CN(CC2CCCO2)C(=O)Nc2c(C(C)C)cccc2C(C)C)o1. The standard InChI is InChI=1S/C33H42FN3O4/c1-22(2)29-9-6-10-30(23(3)4)32(29)35-33(39)37(19-27-8-7-17-40-27)21-31(38)36(20-28-16-11-24(5)41-28)18-25-12-14-26(34)15-13-25/h6,9-16,22-23,27H,7-8,17-21H2,1-5H3,(H,35,39). The molecule has 1 fully saturated rings. The number of hydrogen-bond donors (Lipinski definition) is 1. The minimum Gasteiger partial charge on any atom is -0.464 e. The van der Waals surface area contributed by atoms with E-state index in [1.807, 2.05) is 37.3 Å². The maximum absolute atomic E-state index is 13.9. The molecule has 0 spiro atoms. The van der Waals surface area contributed by atoms with Crippen molar-refractivity contribution in [1.82, 2.24) is 9.80 Å². The fraction of sp³-hybridized carbons (Fsp3) is 0.455. The van der Waals surface area contributed by atoms with Crippen LogP contribution in [0, 0.1) is 12.7 Å². The Balaban J connectivity index is 1.60. The molecule has 8 heteroatoms. The zero-order valence-corrected chi connectivity index (χ0v) is 24.8. The lowest BCUT2D eigenvalue weighted by molar-refractivity contribution is -0.133. The molecule has 0 bridgehead atoms. The summed E-state index contributed by atoms with van der Waals surface area (Å²) in [6.45, 7) is 11.6. The van der Waals surface area contributed by atoms with Gasteiger partial charge in [-0.15, -0.1) is 0 Å². The van der Waals surface area contributed by atoms with Gasteiger partial charge in [-0.2, -0.15) is 0 Å². The number of furan rings is 1. The summed E-state index contributed by atoms with van der Waals surface area (Å²) in [5.74, 6) is 1.23. The number of anilines is 1. The molecule has 3 aromatic rings. The maximum atomic E-state index is 13.9. The molecule has 1 unspecified atom stereocenters. The van der Waals surface area contributed by atoms with Crippen LogP contribution in [0.4, 0.5) is 14.9 Å². The van der Waals surface area contributed by atoms with Crippen molar-refractivity contribution in [3.05, 3.63) is 88.6 Å². The van der Waals surface area contributed by atoms with Gasteiger partial charge >= 0.3 is 6.03 Å². The number of ether oxygens (including phenoxy) is 1. The van der Waals surface area contributed by atoms with Gasteiger partial charge in [-0.1, -0.05) is 58.0 Å². The van der Waals surface area contributed by atoms with Gasteiger partial charge in [-0.05, 0) is 72.6 Å². The zero-order valence-electron chi connectivity index (χ0n) is 24.8. The number of halogens is 1.